The van der Waals surface area contributed by atoms with E-state index in [0.717, 1.165) is 36.8 Å². The molecule has 1 aliphatic carbocycles. The van der Waals surface area contributed by atoms with E-state index in [4.69, 9.17) is 0 Å². The molecule has 0 aromatic heterocycles. The van der Waals surface area contributed by atoms with Crippen molar-refractivity contribution in [3.05, 3.63) is 0 Å². The number of hydrogen-bond acceptors (Lipinski definition) is 3. The fourth-order valence-electron chi connectivity index (χ4n) is 4.39. The van der Waals surface area contributed by atoms with E-state index < -0.39 is 10.8 Å². The number of nitrogens with zero attached hydrogens (tertiary/aromatic N) is 1. The first kappa shape index (κ1) is 15.0. The van der Waals surface area contributed by atoms with Crippen LogP contribution in [0.3, 0.4) is 0 Å². The first-order valence-corrected chi connectivity index (χ1v) is 10.1. The zero-order valence-corrected chi connectivity index (χ0v) is 13.7. The van der Waals surface area contributed by atoms with E-state index in [1.807, 2.05) is 0 Å². The molecule has 0 bridgehead atoms. The molecule has 0 amide bonds. The van der Waals surface area contributed by atoms with Crippen LogP contribution in [0, 0.1) is 5.92 Å². The summed E-state index contributed by atoms with van der Waals surface area (Å²) in [5.41, 5.74) is 0. The minimum atomic E-state index is -0.532. The third kappa shape index (κ3) is 3.45. The van der Waals surface area contributed by atoms with Crippen LogP contribution >= 0.6 is 0 Å². The minimum Gasteiger partial charge on any atom is -0.311 e. The maximum atomic E-state index is 11.6. The van der Waals surface area contributed by atoms with E-state index in [1.165, 1.54) is 38.6 Å². The van der Waals surface area contributed by atoms with E-state index in [2.05, 4.69) is 17.1 Å². The van der Waals surface area contributed by atoms with Crippen LogP contribution < -0.4 is 5.32 Å². The zero-order chi connectivity index (χ0) is 13.9. The lowest BCUT2D eigenvalue weighted by Gasteiger charge is -2.47. The van der Waals surface area contributed by atoms with Crippen molar-refractivity contribution < 1.29 is 4.21 Å². The summed E-state index contributed by atoms with van der Waals surface area (Å²) >= 11 is 0. The molecule has 0 spiro atoms. The van der Waals surface area contributed by atoms with Crippen molar-refractivity contribution in [3.63, 3.8) is 0 Å². The molecule has 0 aromatic rings. The lowest BCUT2D eigenvalue weighted by molar-refractivity contribution is 0.0616. The van der Waals surface area contributed by atoms with E-state index >= 15 is 0 Å². The molecular formula is C16H30N2OS. The first-order valence-electron chi connectivity index (χ1n) is 8.58. The predicted molar refractivity (Wildman–Crippen MR) is 85.4 cm³/mol. The SMILES string of the molecule is CC1CNC(C2CCCCC2)CN1C1CCS(=O)CC1. The van der Waals surface area contributed by atoms with Gasteiger partial charge in [0.25, 0.3) is 0 Å². The molecule has 116 valence electrons. The molecule has 3 rings (SSSR count). The van der Waals surface area contributed by atoms with Gasteiger partial charge in [-0.1, -0.05) is 19.3 Å². The van der Waals surface area contributed by atoms with Crippen molar-refractivity contribution in [2.75, 3.05) is 24.6 Å². The molecule has 3 nitrogen and oxygen atoms in total. The molecule has 2 aliphatic heterocycles. The van der Waals surface area contributed by atoms with Crippen molar-refractivity contribution in [1.82, 2.24) is 10.2 Å². The molecule has 4 heteroatoms. The summed E-state index contributed by atoms with van der Waals surface area (Å²) in [6.07, 6.45) is 9.45. The van der Waals surface area contributed by atoms with Gasteiger partial charge in [0.1, 0.15) is 0 Å². The van der Waals surface area contributed by atoms with Crippen LogP contribution in [0.25, 0.3) is 0 Å². The van der Waals surface area contributed by atoms with Crippen molar-refractivity contribution >= 4 is 10.8 Å². The Morgan fingerprint density at radius 2 is 1.75 bits per heavy atom. The molecule has 2 atom stereocenters. The summed E-state index contributed by atoms with van der Waals surface area (Å²) in [5, 5.41) is 3.81. The maximum Gasteiger partial charge on any atom is 0.0249 e. The third-order valence-electron chi connectivity index (χ3n) is 5.69. The number of piperazine rings is 1. The van der Waals surface area contributed by atoms with Crippen LogP contribution in [0.1, 0.15) is 51.9 Å². The van der Waals surface area contributed by atoms with E-state index in [1.54, 1.807) is 0 Å². The Bertz CT molecular complexity index is 333. The summed E-state index contributed by atoms with van der Waals surface area (Å²) in [6, 6.07) is 2.04. The normalized spacial score (nSPS) is 41.6. The third-order valence-corrected chi connectivity index (χ3v) is 7.08. The van der Waals surface area contributed by atoms with Crippen molar-refractivity contribution in [1.29, 1.82) is 0 Å². The average molecular weight is 298 g/mol. The van der Waals surface area contributed by atoms with Gasteiger partial charge in [0.2, 0.25) is 0 Å². The quantitative estimate of drug-likeness (QED) is 0.848. The second kappa shape index (κ2) is 6.89. The average Bonchev–Trinajstić information content (AvgIpc) is 2.50. The lowest BCUT2D eigenvalue weighted by atomic mass is 9.82. The minimum absolute atomic E-state index is 0.532. The van der Waals surface area contributed by atoms with Crippen LogP contribution in [0.15, 0.2) is 0 Å². The van der Waals surface area contributed by atoms with Gasteiger partial charge in [-0.25, -0.2) is 0 Å². The Balaban J connectivity index is 1.59. The molecule has 0 radical (unpaired) electrons. The van der Waals surface area contributed by atoms with Crippen LogP contribution in [0.2, 0.25) is 0 Å². The highest BCUT2D eigenvalue weighted by Gasteiger charge is 2.35. The largest absolute Gasteiger partial charge is 0.311 e. The van der Waals surface area contributed by atoms with E-state index in [0.29, 0.717) is 18.1 Å². The van der Waals surface area contributed by atoms with Gasteiger partial charge in [-0.05, 0) is 38.5 Å². The van der Waals surface area contributed by atoms with E-state index in [-0.39, 0.29) is 0 Å². The van der Waals surface area contributed by atoms with Gasteiger partial charge in [-0.15, -0.1) is 0 Å². The highest BCUT2D eigenvalue weighted by Crippen LogP contribution is 2.30. The number of rotatable bonds is 2. The van der Waals surface area contributed by atoms with Crippen LogP contribution in [-0.4, -0.2) is 51.8 Å². The molecule has 2 unspecified atom stereocenters. The van der Waals surface area contributed by atoms with Gasteiger partial charge in [0.15, 0.2) is 0 Å². The number of nitrogens with one attached hydrogen (secondary N) is 1. The fraction of sp³-hybridized carbons (Fsp3) is 1.00. The van der Waals surface area contributed by atoms with Crippen LogP contribution in [-0.2, 0) is 10.8 Å². The highest BCUT2D eigenvalue weighted by molar-refractivity contribution is 7.85. The second-order valence-electron chi connectivity index (χ2n) is 7.04. The van der Waals surface area contributed by atoms with Crippen molar-refractivity contribution in [2.24, 2.45) is 5.92 Å². The first-order chi connectivity index (χ1) is 9.74. The van der Waals surface area contributed by atoms with Gasteiger partial charge in [0, 0.05) is 53.5 Å². The molecule has 2 heterocycles. The van der Waals surface area contributed by atoms with Gasteiger partial charge in [0.05, 0.1) is 0 Å². The van der Waals surface area contributed by atoms with Gasteiger partial charge in [-0.3, -0.25) is 9.11 Å². The van der Waals surface area contributed by atoms with Gasteiger partial charge >= 0.3 is 0 Å². The Morgan fingerprint density at radius 1 is 1.05 bits per heavy atom. The highest BCUT2D eigenvalue weighted by atomic mass is 32.2. The Labute approximate surface area is 126 Å². The maximum absolute atomic E-state index is 11.6. The molecular weight excluding hydrogens is 268 g/mol. The monoisotopic (exact) mass is 298 g/mol. The topological polar surface area (TPSA) is 32.3 Å². The van der Waals surface area contributed by atoms with Crippen LogP contribution in [0.4, 0.5) is 0 Å². The summed E-state index contributed by atoms with van der Waals surface area (Å²) in [7, 11) is -0.532. The fourth-order valence-corrected chi connectivity index (χ4v) is 5.66. The summed E-state index contributed by atoms with van der Waals surface area (Å²) in [6.45, 7) is 4.72. The van der Waals surface area contributed by atoms with E-state index in [9.17, 15) is 4.21 Å². The van der Waals surface area contributed by atoms with Crippen molar-refractivity contribution in [3.8, 4) is 0 Å². The Kier molecular flexibility index (Phi) is 5.16. The predicted octanol–water partition coefficient (Wildman–Crippen LogP) is 2.14. The lowest BCUT2D eigenvalue weighted by Crippen LogP contribution is -2.61. The molecule has 2 saturated heterocycles. The van der Waals surface area contributed by atoms with Gasteiger partial charge < -0.3 is 5.32 Å². The molecule has 0 aromatic carbocycles. The Hall–Kier alpha value is 0.0700. The molecule has 1 saturated carbocycles. The zero-order valence-electron chi connectivity index (χ0n) is 12.9. The molecule has 3 fully saturated rings. The summed E-state index contributed by atoms with van der Waals surface area (Å²) in [5.74, 6) is 2.75. The van der Waals surface area contributed by atoms with Gasteiger partial charge in [-0.2, -0.15) is 0 Å². The molecule has 3 aliphatic rings. The summed E-state index contributed by atoms with van der Waals surface area (Å²) in [4.78, 5) is 2.74. The Morgan fingerprint density at radius 3 is 2.45 bits per heavy atom. The summed E-state index contributed by atoms with van der Waals surface area (Å²) < 4.78 is 11.6. The molecule has 1 N–H and O–H groups in total. The van der Waals surface area contributed by atoms with Crippen LogP contribution in [0.5, 0.6) is 0 Å². The van der Waals surface area contributed by atoms with Crippen molar-refractivity contribution in [2.45, 2.75) is 70.0 Å². The smallest absolute Gasteiger partial charge is 0.0249 e. The second-order valence-corrected chi connectivity index (χ2v) is 8.73. The standard InChI is InChI=1S/C16H30N2OS/c1-13-11-17-16(14-5-3-2-4-6-14)12-18(13)15-7-9-20(19)10-8-15/h13-17H,2-12H2,1H3. The molecule has 20 heavy (non-hydrogen) atoms. The number of hydrogen-bond donors (Lipinski definition) is 1.